The molecule has 0 saturated carbocycles. The van der Waals surface area contributed by atoms with E-state index in [1.165, 1.54) is 0 Å². The molecule has 120 valence electrons. The first-order chi connectivity index (χ1) is 11.0. The van der Waals surface area contributed by atoms with E-state index in [-0.39, 0.29) is 17.8 Å². The Bertz CT molecular complexity index is 665. The molecule has 0 aliphatic rings. The zero-order valence-electron chi connectivity index (χ0n) is 13.4. The molecule has 1 amide bonds. The molecule has 5 nitrogen and oxygen atoms in total. The third-order valence-corrected chi connectivity index (χ3v) is 3.61. The average molecular weight is 310 g/mol. The molecule has 5 heteroatoms. The fraction of sp³-hybridized carbons (Fsp3) is 0.222. The molecule has 2 aromatic carbocycles. The number of nitrogen functional groups attached to an aromatic ring is 1. The summed E-state index contributed by atoms with van der Waals surface area (Å²) in [6, 6.07) is 16.7. The maximum absolute atomic E-state index is 12.5. The molecule has 0 spiro atoms. The Balaban J connectivity index is 2.03. The van der Waals surface area contributed by atoms with Crippen LogP contribution in [0.25, 0.3) is 0 Å². The largest absolute Gasteiger partial charge is 0.384 e. The van der Waals surface area contributed by atoms with Gasteiger partial charge in [-0.1, -0.05) is 54.6 Å². The number of nitrogens with zero attached hydrogens (tertiary/aromatic N) is 1. The molecule has 0 fully saturated rings. The van der Waals surface area contributed by atoms with Crippen molar-refractivity contribution in [1.82, 2.24) is 10.2 Å². The number of nitrogens with one attached hydrogen (secondary N) is 2. The average Bonchev–Trinajstić information content (AvgIpc) is 2.54. The van der Waals surface area contributed by atoms with E-state index in [1.54, 1.807) is 12.1 Å². The molecule has 0 aliphatic carbocycles. The molecule has 4 N–H and O–H groups in total. The monoisotopic (exact) mass is 310 g/mol. The van der Waals surface area contributed by atoms with Crippen molar-refractivity contribution in [3.63, 3.8) is 0 Å². The van der Waals surface area contributed by atoms with Crippen LogP contribution in [0.1, 0.15) is 22.7 Å². The van der Waals surface area contributed by atoms with Gasteiger partial charge in [0.2, 0.25) is 5.91 Å². The highest BCUT2D eigenvalue weighted by Gasteiger charge is 2.22. The number of hydrogen-bond acceptors (Lipinski definition) is 3. The van der Waals surface area contributed by atoms with E-state index < -0.39 is 0 Å². The van der Waals surface area contributed by atoms with Crippen LogP contribution in [0.5, 0.6) is 0 Å². The van der Waals surface area contributed by atoms with Gasteiger partial charge in [-0.15, -0.1) is 0 Å². The predicted molar refractivity (Wildman–Crippen MR) is 92.2 cm³/mol. The molecule has 0 radical (unpaired) electrons. The standard InChI is InChI=1S/C18H22N4O/c1-22(2)16(14-6-4-3-5-7-14)18(23)21-12-13-8-10-15(11-9-13)17(19)20/h3-11,16H,12H2,1-2H3,(H3,19,20)(H,21,23)/t16-/m0/s1. The van der Waals surface area contributed by atoms with Crippen LogP contribution in [-0.2, 0) is 11.3 Å². The SMILES string of the molecule is CN(C)[C@H](C(=O)NCc1ccc(C(=N)N)cc1)c1ccccc1. The Morgan fingerprint density at radius 1 is 1.13 bits per heavy atom. The second-order valence-corrected chi connectivity index (χ2v) is 5.61. The van der Waals surface area contributed by atoms with Crippen molar-refractivity contribution in [1.29, 1.82) is 5.41 Å². The van der Waals surface area contributed by atoms with Crippen molar-refractivity contribution in [3.05, 3.63) is 71.3 Å². The molecule has 23 heavy (non-hydrogen) atoms. The summed E-state index contributed by atoms with van der Waals surface area (Å²) in [6.45, 7) is 0.439. The van der Waals surface area contributed by atoms with Gasteiger partial charge < -0.3 is 11.1 Å². The first-order valence-electron chi connectivity index (χ1n) is 7.41. The molecule has 1 atom stereocenters. The number of amides is 1. The maximum Gasteiger partial charge on any atom is 0.242 e. The molecule has 0 unspecified atom stereocenters. The first-order valence-corrected chi connectivity index (χ1v) is 7.41. The van der Waals surface area contributed by atoms with Crippen LogP contribution in [0, 0.1) is 5.41 Å². The van der Waals surface area contributed by atoms with Crippen LogP contribution in [0.2, 0.25) is 0 Å². The highest BCUT2D eigenvalue weighted by molar-refractivity contribution is 5.94. The van der Waals surface area contributed by atoms with Gasteiger partial charge in [-0.25, -0.2) is 0 Å². The van der Waals surface area contributed by atoms with Crippen molar-refractivity contribution in [2.24, 2.45) is 5.73 Å². The smallest absolute Gasteiger partial charge is 0.242 e. The van der Waals surface area contributed by atoms with Crippen molar-refractivity contribution >= 4 is 11.7 Å². The van der Waals surface area contributed by atoms with Crippen LogP contribution in [0.15, 0.2) is 54.6 Å². The Hall–Kier alpha value is -2.66. The minimum Gasteiger partial charge on any atom is -0.384 e. The van der Waals surface area contributed by atoms with E-state index in [9.17, 15) is 4.79 Å². The first kappa shape index (κ1) is 16.7. The van der Waals surface area contributed by atoms with Crippen LogP contribution < -0.4 is 11.1 Å². The summed E-state index contributed by atoms with van der Waals surface area (Å²) >= 11 is 0. The normalized spacial score (nSPS) is 12.0. The summed E-state index contributed by atoms with van der Waals surface area (Å²) in [5, 5.41) is 10.3. The summed E-state index contributed by atoms with van der Waals surface area (Å²) < 4.78 is 0. The number of rotatable bonds is 6. The summed E-state index contributed by atoms with van der Waals surface area (Å²) in [5.74, 6) is -0.00539. The van der Waals surface area contributed by atoms with Gasteiger partial charge in [0.15, 0.2) is 0 Å². The Morgan fingerprint density at radius 2 is 1.74 bits per heavy atom. The Morgan fingerprint density at radius 3 is 2.26 bits per heavy atom. The second kappa shape index (κ2) is 7.56. The van der Waals surface area contributed by atoms with Gasteiger partial charge in [-0.3, -0.25) is 15.1 Å². The molecular formula is C18H22N4O. The number of benzene rings is 2. The zero-order valence-corrected chi connectivity index (χ0v) is 13.4. The number of carbonyl (C=O) groups is 1. The summed E-state index contributed by atoms with van der Waals surface area (Å²) in [5.41, 5.74) is 8.03. The molecule has 2 rings (SSSR count). The van der Waals surface area contributed by atoms with Gasteiger partial charge in [0.1, 0.15) is 11.9 Å². The van der Waals surface area contributed by atoms with Crippen molar-refractivity contribution < 1.29 is 4.79 Å². The van der Waals surface area contributed by atoms with E-state index in [0.29, 0.717) is 12.1 Å². The van der Waals surface area contributed by atoms with E-state index in [4.69, 9.17) is 11.1 Å². The summed E-state index contributed by atoms with van der Waals surface area (Å²) in [7, 11) is 3.78. The molecule has 0 heterocycles. The lowest BCUT2D eigenvalue weighted by Crippen LogP contribution is -2.36. The topological polar surface area (TPSA) is 82.2 Å². The Labute approximate surface area is 136 Å². The van der Waals surface area contributed by atoms with Gasteiger partial charge in [-0.05, 0) is 25.2 Å². The number of carbonyl (C=O) groups excluding carboxylic acids is 1. The van der Waals surface area contributed by atoms with Crippen LogP contribution in [0.3, 0.4) is 0 Å². The fourth-order valence-electron chi connectivity index (χ4n) is 2.41. The number of amidine groups is 1. The zero-order chi connectivity index (χ0) is 16.8. The third-order valence-electron chi connectivity index (χ3n) is 3.61. The molecular weight excluding hydrogens is 288 g/mol. The fourth-order valence-corrected chi connectivity index (χ4v) is 2.41. The predicted octanol–water partition coefficient (Wildman–Crippen LogP) is 1.89. The second-order valence-electron chi connectivity index (χ2n) is 5.61. The highest BCUT2D eigenvalue weighted by Crippen LogP contribution is 2.18. The molecule has 0 saturated heterocycles. The Kier molecular flexibility index (Phi) is 5.49. The molecule has 0 aliphatic heterocycles. The lowest BCUT2D eigenvalue weighted by atomic mass is 10.1. The van der Waals surface area contributed by atoms with Crippen LogP contribution in [-0.4, -0.2) is 30.7 Å². The van der Waals surface area contributed by atoms with E-state index in [1.807, 2.05) is 61.5 Å². The van der Waals surface area contributed by atoms with E-state index >= 15 is 0 Å². The van der Waals surface area contributed by atoms with Gasteiger partial charge in [-0.2, -0.15) is 0 Å². The van der Waals surface area contributed by atoms with Crippen molar-refractivity contribution in [2.45, 2.75) is 12.6 Å². The maximum atomic E-state index is 12.5. The summed E-state index contributed by atoms with van der Waals surface area (Å²) in [4.78, 5) is 14.4. The van der Waals surface area contributed by atoms with E-state index in [2.05, 4.69) is 5.32 Å². The van der Waals surface area contributed by atoms with Gasteiger partial charge in [0.05, 0.1) is 0 Å². The molecule has 0 bridgehead atoms. The van der Waals surface area contributed by atoms with Gasteiger partial charge >= 0.3 is 0 Å². The quantitative estimate of drug-likeness (QED) is 0.563. The number of nitrogens with two attached hydrogens (primary N) is 1. The van der Waals surface area contributed by atoms with Gasteiger partial charge in [0, 0.05) is 12.1 Å². The highest BCUT2D eigenvalue weighted by atomic mass is 16.2. The third kappa shape index (κ3) is 4.40. The molecule has 0 aromatic heterocycles. The van der Waals surface area contributed by atoms with Crippen molar-refractivity contribution in [2.75, 3.05) is 14.1 Å². The van der Waals surface area contributed by atoms with E-state index in [0.717, 1.165) is 11.1 Å². The minimum atomic E-state index is -0.326. The van der Waals surface area contributed by atoms with Crippen LogP contribution >= 0.6 is 0 Å². The van der Waals surface area contributed by atoms with Crippen LogP contribution in [0.4, 0.5) is 0 Å². The number of likely N-dealkylation sites (N-methyl/N-ethyl adjacent to an activating group) is 1. The lowest BCUT2D eigenvalue weighted by Gasteiger charge is -2.23. The lowest BCUT2D eigenvalue weighted by molar-refractivity contribution is -0.125. The summed E-state index contributed by atoms with van der Waals surface area (Å²) in [6.07, 6.45) is 0. The molecule has 2 aromatic rings. The van der Waals surface area contributed by atoms with Crippen molar-refractivity contribution in [3.8, 4) is 0 Å². The minimum absolute atomic E-state index is 0.0392. The number of hydrogen-bond donors (Lipinski definition) is 3. The van der Waals surface area contributed by atoms with Gasteiger partial charge in [0.25, 0.3) is 0 Å².